The van der Waals surface area contributed by atoms with Crippen LogP contribution in [-0.2, 0) is 16.1 Å². The first-order chi connectivity index (χ1) is 9.04. The Balaban J connectivity index is 2.54. The molecule has 0 radical (unpaired) electrons. The normalized spacial score (nSPS) is 11.7. The van der Waals surface area contributed by atoms with Crippen molar-refractivity contribution in [2.75, 3.05) is 20.8 Å². The van der Waals surface area contributed by atoms with Crippen molar-refractivity contribution in [3.8, 4) is 0 Å². The molecule has 1 rings (SSSR count). The van der Waals surface area contributed by atoms with Gasteiger partial charge in [-0.3, -0.25) is 4.98 Å². The summed E-state index contributed by atoms with van der Waals surface area (Å²) in [5, 5.41) is 11.3. The molecule has 7 nitrogen and oxygen atoms in total. The second kappa shape index (κ2) is 7.32. The molecule has 0 aromatic carbocycles. The summed E-state index contributed by atoms with van der Waals surface area (Å²) < 4.78 is 4.74. The molecule has 1 heterocycles. The summed E-state index contributed by atoms with van der Waals surface area (Å²) >= 11 is 0. The van der Waals surface area contributed by atoms with Crippen LogP contribution in [-0.4, -0.2) is 53.8 Å². The fourth-order valence-electron chi connectivity index (χ4n) is 1.44. The molecule has 2 amide bonds. The maximum absolute atomic E-state index is 11.8. The Bertz CT molecular complexity index is 424. The minimum atomic E-state index is -1.13. The quantitative estimate of drug-likeness (QED) is 0.774. The molecule has 0 bridgehead atoms. The molecule has 1 unspecified atom stereocenters. The molecular weight excluding hydrogens is 250 g/mol. The Morgan fingerprint density at radius 2 is 2.32 bits per heavy atom. The van der Waals surface area contributed by atoms with Crippen LogP contribution in [0.5, 0.6) is 0 Å². The Morgan fingerprint density at radius 1 is 1.58 bits per heavy atom. The van der Waals surface area contributed by atoms with Crippen molar-refractivity contribution < 1.29 is 19.4 Å². The van der Waals surface area contributed by atoms with E-state index in [1.54, 1.807) is 25.5 Å². The van der Waals surface area contributed by atoms with E-state index in [2.05, 4.69) is 10.3 Å². The highest BCUT2D eigenvalue weighted by Crippen LogP contribution is 2.01. The first kappa shape index (κ1) is 14.9. The maximum Gasteiger partial charge on any atom is 0.328 e. The Labute approximate surface area is 111 Å². The van der Waals surface area contributed by atoms with E-state index in [0.717, 1.165) is 5.56 Å². The highest BCUT2D eigenvalue weighted by atomic mass is 16.5. The average molecular weight is 267 g/mol. The summed E-state index contributed by atoms with van der Waals surface area (Å²) in [6.07, 6.45) is 3.29. The van der Waals surface area contributed by atoms with Gasteiger partial charge in [0.1, 0.15) is 0 Å². The molecule has 104 valence electrons. The molecule has 0 saturated heterocycles. The number of rotatable bonds is 6. The zero-order valence-corrected chi connectivity index (χ0v) is 10.9. The first-order valence-corrected chi connectivity index (χ1v) is 5.67. The van der Waals surface area contributed by atoms with E-state index in [1.165, 1.54) is 12.0 Å². The number of methoxy groups -OCH3 is 1. The van der Waals surface area contributed by atoms with E-state index in [4.69, 9.17) is 9.84 Å². The number of aliphatic carboxylic acids is 1. The lowest BCUT2D eigenvalue weighted by molar-refractivity contribution is -0.140. The Kier molecular flexibility index (Phi) is 5.74. The van der Waals surface area contributed by atoms with Crippen molar-refractivity contribution in [1.29, 1.82) is 0 Å². The third-order valence-electron chi connectivity index (χ3n) is 2.42. The molecular formula is C12H17N3O4. The van der Waals surface area contributed by atoms with Gasteiger partial charge in [-0.25, -0.2) is 9.59 Å². The number of carboxylic acids is 1. The zero-order chi connectivity index (χ0) is 14.3. The van der Waals surface area contributed by atoms with Crippen LogP contribution < -0.4 is 5.32 Å². The van der Waals surface area contributed by atoms with Crippen molar-refractivity contribution >= 4 is 12.0 Å². The number of nitrogens with one attached hydrogen (secondary N) is 1. The van der Waals surface area contributed by atoms with Crippen molar-refractivity contribution in [3.63, 3.8) is 0 Å². The topological polar surface area (TPSA) is 91.8 Å². The van der Waals surface area contributed by atoms with Gasteiger partial charge in [-0.1, -0.05) is 6.07 Å². The van der Waals surface area contributed by atoms with Gasteiger partial charge in [0.15, 0.2) is 6.04 Å². The molecule has 1 aromatic heterocycles. The van der Waals surface area contributed by atoms with Gasteiger partial charge in [-0.2, -0.15) is 0 Å². The maximum atomic E-state index is 11.8. The number of carbonyl (C=O) groups is 2. The van der Waals surface area contributed by atoms with Crippen LogP contribution in [0.25, 0.3) is 0 Å². The smallest absolute Gasteiger partial charge is 0.328 e. The third kappa shape index (κ3) is 4.92. The highest BCUT2D eigenvalue weighted by Gasteiger charge is 2.21. The van der Waals surface area contributed by atoms with E-state index in [1.807, 2.05) is 6.07 Å². The Morgan fingerprint density at radius 3 is 2.84 bits per heavy atom. The zero-order valence-electron chi connectivity index (χ0n) is 10.9. The molecule has 1 atom stereocenters. The largest absolute Gasteiger partial charge is 0.480 e. The fraction of sp³-hybridized carbons (Fsp3) is 0.417. The molecule has 0 aliphatic rings. The number of hydrogen-bond acceptors (Lipinski definition) is 4. The van der Waals surface area contributed by atoms with Gasteiger partial charge < -0.3 is 20.1 Å². The van der Waals surface area contributed by atoms with Crippen LogP contribution in [0.15, 0.2) is 24.5 Å². The number of nitrogens with zero attached hydrogens (tertiary/aromatic N) is 2. The second-order valence-electron chi connectivity index (χ2n) is 4.01. The monoisotopic (exact) mass is 267 g/mol. The number of hydrogen-bond donors (Lipinski definition) is 2. The van der Waals surface area contributed by atoms with Gasteiger partial charge in [0.05, 0.1) is 6.61 Å². The van der Waals surface area contributed by atoms with Crippen LogP contribution in [0, 0.1) is 0 Å². The number of pyridine rings is 1. The number of ether oxygens (including phenoxy) is 1. The van der Waals surface area contributed by atoms with Gasteiger partial charge in [0, 0.05) is 33.1 Å². The van der Waals surface area contributed by atoms with E-state index in [9.17, 15) is 9.59 Å². The molecule has 0 fully saturated rings. The lowest BCUT2D eigenvalue weighted by atomic mass is 10.3. The van der Waals surface area contributed by atoms with E-state index in [-0.39, 0.29) is 6.61 Å². The van der Waals surface area contributed by atoms with E-state index >= 15 is 0 Å². The van der Waals surface area contributed by atoms with Gasteiger partial charge in [-0.15, -0.1) is 0 Å². The summed E-state index contributed by atoms with van der Waals surface area (Å²) in [5.41, 5.74) is 0.860. The van der Waals surface area contributed by atoms with Crippen molar-refractivity contribution in [1.82, 2.24) is 15.2 Å². The predicted molar refractivity (Wildman–Crippen MR) is 67.5 cm³/mol. The van der Waals surface area contributed by atoms with Crippen molar-refractivity contribution in [2.45, 2.75) is 12.6 Å². The van der Waals surface area contributed by atoms with E-state index in [0.29, 0.717) is 6.54 Å². The van der Waals surface area contributed by atoms with E-state index < -0.39 is 18.0 Å². The lowest BCUT2D eigenvalue weighted by Gasteiger charge is -2.21. The standard InChI is InChI=1S/C12H17N3O4/c1-15(7-9-4-3-5-13-6-9)12(18)14-10(8-19-2)11(16)17/h3-6,10H,7-8H2,1-2H3,(H,14,18)(H,16,17). The highest BCUT2D eigenvalue weighted by molar-refractivity contribution is 5.82. The average Bonchev–Trinajstić information content (AvgIpc) is 2.39. The summed E-state index contributed by atoms with van der Waals surface area (Å²) in [6, 6.07) is 2.06. The lowest BCUT2D eigenvalue weighted by Crippen LogP contribution is -2.48. The molecule has 0 aliphatic heterocycles. The summed E-state index contributed by atoms with van der Waals surface area (Å²) in [5.74, 6) is -1.13. The number of amides is 2. The number of carbonyl (C=O) groups excluding carboxylic acids is 1. The van der Waals surface area contributed by atoms with Crippen LogP contribution in [0.2, 0.25) is 0 Å². The molecule has 7 heteroatoms. The predicted octanol–water partition coefficient (Wildman–Crippen LogP) is 0.323. The first-order valence-electron chi connectivity index (χ1n) is 5.67. The molecule has 19 heavy (non-hydrogen) atoms. The van der Waals surface area contributed by atoms with Crippen LogP contribution in [0.1, 0.15) is 5.56 Å². The van der Waals surface area contributed by atoms with Gasteiger partial charge >= 0.3 is 12.0 Å². The minimum absolute atomic E-state index is 0.0815. The Hall–Kier alpha value is -2.15. The van der Waals surface area contributed by atoms with Crippen LogP contribution >= 0.6 is 0 Å². The summed E-state index contributed by atoms with van der Waals surface area (Å²) in [6.45, 7) is 0.265. The molecule has 0 saturated carbocycles. The SMILES string of the molecule is COCC(NC(=O)N(C)Cc1cccnc1)C(=O)O. The molecule has 1 aromatic rings. The summed E-state index contributed by atoms with van der Waals surface area (Å²) in [7, 11) is 2.95. The summed E-state index contributed by atoms with van der Waals surface area (Å²) in [4.78, 5) is 28.0. The van der Waals surface area contributed by atoms with Gasteiger partial charge in [-0.05, 0) is 11.6 Å². The number of urea groups is 1. The molecule has 0 aliphatic carbocycles. The van der Waals surface area contributed by atoms with Crippen molar-refractivity contribution in [3.05, 3.63) is 30.1 Å². The number of aromatic nitrogens is 1. The minimum Gasteiger partial charge on any atom is -0.480 e. The van der Waals surface area contributed by atoms with Gasteiger partial charge in [0.2, 0.25) is 0 Å². The van der Waals surface area contributed by atoms with Crippen LogP contribution in [0.3, 0.4) is 0 Å². The third-order valence-corrected chi connectivity index (χ3v) is 2.42. The fourth-order valence-corrected chi connectivity index (χ4v) is 1.44. The second-order valence-corrected chi connectivity index (χ2v) is 4.01. The van der Waals surface area contributed by atoms with Crippen LogP contribution in [0.4, 0.5) is 4.79 Å². The molecule has 0 spiro atoms. The van der Waals surface area contributed by atoms with Gasteiger partial charge in [0.25, 0.3) is 0 Å². The van der Waals surface area contributed by atoms with Crippen molar-refractivity contribution in [2.24, 2.45) is 0 Å². The number of carboxylic acid groups (broad SMARTS) is 1. The molecule has 2 N–H and O–H groups in total.